The van der Waals surface area contributed by atoms with Crippen LogP contribution in [0.3, 0.4) is 0 Å². The van der Waals surface area contributed by atoms with E-state index in [1.165, 1.54) is 6.07 Å². The molecule has 0 aliphatic carbocycles. The van der Waals surface area contributed by atoms with E-state index in [-0.39, 0.29) is 31.7 Å². The minimum Gasteiger partial charge on any atom is -0.281 e. The molecular formula is C20H10F5N3O3S2. The molecule has 0 saturated carbocycles. The number of alkyl halides is 5. The van der Waals surface area contributed by atoms with E-state index in [2.05, 4.69) is 21.8 Å². The Labute approximate surface area is 187 Å². The molecule has 0 unspecified atom stereocenters. The number of imidazole rings is 1. The summed E-state index contributed by atoms with van der Waals surface area (Å²) in [4.78, 5) is 8.48. The Morgan fingerprint density at radius 3 is 2.33 bits per heavy atom. The Morgan fingerprint density at radius 2 is 1.76 bits per heavy atom. The van der Waals surface area contributed by atoms with Crippen molar-refractivity contribution < 1.29 is 34.9 Å². The molecule has 0 saturated heterocycles. The highest BCUT2D eigenvalue weighted by Gasteiger charge is 2.30. The standard InChI is InChI=1S/C20H10F5N3O3S2/c21-18(22)16-9-15(11-1-3-12(4-2-11)20(23,24)25)27-19-14(26-10-28(16)19)7-5-13-6-8-17(32-13)33(29,30)31/h1-4,6,8-10,18H,(H,29,30,31). The summed E-state index contributed by atoms with van der Waals surface area (Å²) < 4.78 is 97.8. The van der Waals surface area contributed by atoms with Crippen molar-refractivity contribution in [3.63, 3.8) is 0 Å². The predicted octanol–water partition coefficient (Wildman–Crippen LogP) is 5.06. The lowest BCUT2D eigenvalue weighted by atomic mass is 10.1. The summed E-state index contributed by atoms with van der Waals surface area (Å²) in [5, 5.41) is 0. The summed E-state index contributed by atoms with van der Waals surface area (Å²) in [6.45, 7) is 0. The van der Waals surface area contributed by atoms with E-state index in [0.717, 1.165) is 47.1 Å². The van der Waals surface area contributed by atoms with Crippen LogP contribution in [0.4, 0.5) is 22.0 Å². The van der Waals surface area contributed by atoms with Crippen LogP contribution in [-0.4, -0.2) is 27.3 Å². The van der Waals surface area contributed by atoms with E-state index >= 15 is 0 Å². The number of hydrogen-bond acceptors (Lipinski definition) is 5. The number of hydrogen-bond donors (Lipinski definition) is 1. The van der Waals surface area contributed by atoms with Crippen LogP contribution in [0, 0.1) is 11.8 Å². The monoisotopic (exact) mass is 499 g/mol. The maximum atomic E-state index is 13.6. The topological polar surface area (TPSA) is 84.6 Å². The van der Waals surface area contributed by atoms with Gasteiger partial charge in [0.25, 0.3) is 6.43 Å². The first-order chi connectivity index (χ1) is 15.4. The highest BCUT2D eigenvalue weighted by Crippen LogP contribution is 2.32. The zero-order valence-electron chi connectivity index (χ0n) is 16.0. The molecule has 0 bridgehead atoms. The lowest BCUT2D eigenvalue weighted by Gasteiger charge is -2.10. The largest absolute Gasteiger partial charge is 0.416 e. The van der Waals surface area contributed by atoms with Gasteiger partial charge in [0.15, 0.2) is 11.3 Å². The second-order valence-corrected chi connectivity index (χ2v) is 9.30. The van der Waals surface area contributed by atoms with Gasteiger partial charge in [-0.2, -0.15) is 21.6 Å². The number of thiophene rings is 1. The van der Waals surface area contributed by atoms with Crippen LogP contribution >= 0.6 is 11.3 Å². The normalized spacial score (nSPS) is 12.2. The van der Waals surface area contributed by atoms with Gasteiger partial charge < -0.3 is 0 Å². The Balaban J connectivity index is 1.79. The Hall–Kier alpha value is -3.34. The van der Waals surface area contributed by atoms with Crippen molar-refractivity contribution in [2.24, 2.45) is 0 Å². The van der Waals surface area contributed by atoms with Crippen molar-refractivity contribution in [3.05, 3.63) is 70.6 Å². The average Bonchev–Trinajstić information content (AvgIpc) is 3.38. The molecule has 4 aromatic rings. The molecule has 3 aromatic heterocycles. The van der Waals surface area contributed by atoms with Crippen molar-refractivity contribution in [1.29, 1.82) is 0 Å². The molecule has 0 aliphatic rings. The quantitative estimate of drug-likeness (QED) is 0.242. The lowest BCUT2D eigenvalue weighted by molar-refractivity contribution is -0.137. The van der Waals surface area contributed by atoms with Gasteiger partial charge in [-0.15, -0.1) is 11.3 Å². The predicted molar refractivity (Wildman–Crippen MR) is 108 cm³/mol. The summed E-state index contributed by atoms with van der Waals surface area (Å²) in [6.07, 6.45) is -6.40. The number of benzene rings is 1. The molecule has 33 heavy (non-hydrogen) atoms. The molecule has 0 radical (unpaired) electrons. The zero-order valence-corrected chi connectivity index (χ0v) is 17.6. The molecule has 0 fully saturated rings. The van der Waals surface area contributed by atoms with Crippen LogP contribution in [0.2, 0.25) is 0 Å². The van der Waals surface area contributed by atoms with Gasteiger partial charge in [0.1, 0.15) is 10.5 Å². The summed E-state index contributed by atoms with van der Waals surface area (Å²) >= 11 is 0.700. The van der Waals surface area contributed by atoms with Gasteiger partial charge in [0, 0.05) is 5.56 Å². The van der Waals surface area contributed by atoms with Crippen molar-refractivity contribution in [3.8, 4) is 23.1 Å². The second kappa shape index (κ2) is 8.22. The van der Waals surface area contributed by atoms with E-state index in [1.54, 1.807) is 0 Å². The second-order valence-electron chi connectivity index (χ2n) is 6.57. The summed E-state index contributed by atoms with van der Waals surface area (Å²) in [6, 6.07) is 7.46. The van der Waals surface area contributed by atoms with E-state index < -0.39 is 34.0 Å². The lowest BCUT2D eigenvalue weighted by Crippen LogP contribution is -2.04. The fourth-order valence-electron chi connectivity index (χ4n) is 2.87. The van der Waals surface area contributed by atoms with E-state index in [9.17, 15) is 30.4 Å². The van der Waals surface area contributed by atoms with Crippen molar-refractivity contribution in [2.75, 3.05) is 0 Å². The highest BCUT2D eigenvalue weighted by atomic mass is 32.3. The molecule has 3 heterocycles. The van der Waals surface area contributed by atoms with Gasteiger partial charge in [-0.1, -0.05) is 12.1 Å². The molecule has 0 amide bonds. The maximum absolute atomic E-state index is 13.6. The van der Waals surface area contributed by atoms with E-state index in [4.69, 9.17) is 4.55 Å². The first kappa shape index (κ1) is 22.8. The number of nitrogens with zero attached hydrogens (tertiary/aromatic N) is 3. The molecule has 1 N–H and O–H groups in total. The number of rotatable bonds is 3. The van der Waals surface area contributed by atoms with Gasteiger partial charge >= 0.3 is 16.3 Å². The molecule has 1 aromatic carbocycles. The van der Waals surface area contributed by atoms with Crippen molar-refractivity contribution >= 4 is 27.1 Å². The van der Waals surface area contributed by atoms with Crippen LogP contribution in [-0.2, 0) is 16.3 Å². The Morgan fingerprint density at radius 1 is 1.06 bits per heavy atom. The number of aromatic nitrogens is 3. The van der Waals surface area contributed by atoms with Crippen LogP contribution in [0.1, 0.15) is 28.3 Å². The third-order valence-electron chi connectivity index (χ3n) is 4.40. The Bertz CT molecular complexity index is 1510. The average molecular weight is 499 g/mol. The van der Waals surface area contributed by atoms with Crippen LogP contribution in [0.25, 0.3) is 16.9 Å². The fraction of sp³-hybridized carbons (Fsp3) is 0.100. The third kappa shape index (κ3) is 4.72. The molecule has 0 aliphatic heterocycles. The third-order valence-corrected chi connectivity index (χ3v) is 6.72. The summed E-state index contributed by atoms with van der Waals surface area (Å²) in [5.74, 6) is 5.25. The molecule has 0 spiro atoms. The maximum Gasteiger partial charge on any atom is 0.416 e. The van der Waals surface area contributed by atoms with Crippen molar-refractivity contribution in [2.45, 2.75) is 16.8 Å². The Kier molecular flexibility index (Phi) is 5.69. The molecule has 13 heteroatoms. The highest BCUT2D eigenvalue weighted by molar-refractivity contribution is 7.88. The van der Waals surface area contributed by atoms with E-state index in [0.29, 0.717) is 11.3 Å². The first-order valence-electron chi connectivity index (χ1n) is 8.86. The van der Waals surface area contributed by atoms with Gasteiger partial charge in [-0.25, -0.2) is 18.7 Å². The van der Waals surface area contributed by atoms with E-state index in [1.807, 2.05) is 0 Å². The fourth-order valence-corrected chi connectivity index (χ4v) is 4.40. The minimum absolute atomic E-state index is 0.000131. The van der Waals surface area contributed by atoms with Gasteiger partial charge in [0.05, 0.1) is 21.8 Å². The van der Waals surface area contributed by atoms with Crippen LogP contribution in [0.15, 0.2) is 53.0 Å². The number of halogens is 5. The van der Waals surface area contributed by atoms with Crippen LogP contribution < -0.4 is 0 Å². The van der Waals surface area contributed by atoms with Gasteiger partial charge in [-0.3, -0.25) is 8.95 Å². The molecule has 170 valence electrons. The molecule has 4 rings (SSSR count). The molecule has 0 atom stereocenters. The zero-order chi connectivity index (χ0) is 24.0. The minimum atomic E-state index is -4.55. The SMILES string of the molecule is O=S(=O)(O)c1ccc(C#Cc2ncn3c(C(F)F)cc(-c4ccc(C(F)(F)F)cc4)nc23)s1. The van der Waals surface area contributed by atoms with Crippen LogP contribution in [0.5, 0.6) is 0 Å². The molecular weight excluding hydrogens is 489 g/mol. The van der Waals surface area contributed by atoms with Crippen molar-refractivity contribution in [1.82, 2.24) is 14.4 Å². The first-order valence-corrected chi connectivity index (χ1v) is 11.1. The smallest absolute Gasteiger partial charge is 0.281 e. The molecule has 6 nitrogen and oxygen atoms in total. The van der Waals surface area contributed by atoms with Gasteiger partial charge in [0.2, 0.25) is 0 Å². The van der Waals surface area contributed by atoms with Gasteiger partial charge in [-0.05, 0) is 42.2 Å². The number of fused-ring (bicyclic) bond motifs is 1. The summed E-state index contributed by atoms with van der Waals surface area (Å²) in [5.41, 5.74) is -1.25. The summed E-state index contributed by atoms with van der Waals surface area (Å²) in [7, 11) is -4.39.